The Morgan fingerprint density at radius 1 is 1.27 bits per heavy atom. The van der Waals surface area contributed by atoms with E-state index in [1.54, 1.807) is 0 Å². The van der Waals surface area contributed by atoms with Crippen molar-refractivity contribution in [3.05, 3.63) is 35.3 Å². The normalized spacial score (nSPS) is 13.2. The number of ether oxygens (including phenoxy) is 2. The van der Waals surface area contributed by atoms with Crippen LogP contribution in [0.15, 0.2) is 29.6 Å². The van der Waals surface area contributed by atoms with Gasteiger partial charge >= 0.3 is 5.97 Å². The van der Waals surface area contributed by atoms with Crippen LogP contribution in [0, 0.1) is 5.41 Å². The van der Waals surface area contributed by atoms with Gasteiger partial charge in [-0.3, -0.25) is 9.59 Å². The lowest BCUT2D eigenvalue weighted by atomic mass is 9.85. The number of carbonyl (C=O) groups is 2. The van der Waals surface area contributed by atoms with Crippen molar-refractivity contribution in [1.29, 1.82) is 0 Å². The number of benzene rings is 1. The molecule has 1 heterocycles. The average molecular weight is 377 g/mol. The van der Waals surface area contributed by atoms with Crippen LogP contribution in [0.4, 0.5) is 0 Å². The highest BCUT2D eigenvalue weighted by atomic mass is 32.1. The highest BCUT2D eigenvalue weighted by molar-refractivity contribution is 7.13. The van der Waals surface area contributed by atoms with Crippen LogP contribution in [0.25, 0.3) is 10.6 Å². The zero-order chi connectivity index (χ0) is 19.2. The van der Waals surface area contributed by atoms with Crippen LogP contribution < -0.4 is 4.74 Å². The quantitative estimate of drug-likeness (QED) is 0.682. The van der Waals surface area contributed by atoms with E-state index >= 15 is 0 Å². The van der Waals surface area contributed by atoms with Gasteiger partial charge in [0.25, 0.3) is 0 Å². The Bertz CT molecular complexity index is 756. The van der Waals surface area contributed by atoms with Crippen LogP contribution in [0.2, 0.25) is 0 Å². The van der Waals surface area contributed by atoms with Gasteiger partial charge in [0, 0.05) is 30.9 Å². The zero-order valence-corrected chi connectivity index (χ0v) is 16.0. The molecular formula is C19H23NO5S. The number of methoxy groups -OCH3 is 1. The minimum absolute atomic E-state index is 0.0113. The summed E-state index contributed by atoms with van der Waals surface area (Å²) in [7, 11) is 1.43. The van der Waals surface area contributed by atoms with Gasteiger partial charge in [0.1, 0.15) is 16.5 Å². The standard InChI is InChI=1S/C19H23NO5S/c1-4-25-16-7-5-13(6-8-16)17-20-14(11-26-17)9-15(21)10-19(2,12-24-3)18(22)23/h5-8,11H,4,9-10,12H2,1-3H3,(H,22,23). The number of aliphatic carboxylic acids is 1. The summed E-state index contributed by atoms with van der Waals surface area (Å²) in [5.41, 5.74) is 0.376. The molecule has 0 amide bonds. The molecule has 7 heteroatoms. The number of carboxylic acids is 1. The maximum absolute atomic E-state index is 12.3. The maximum Gasteiger partial charge on any atom is 0.312 e. The van der Waals surface area contributed by atoms with E-state index in [-0.39, 0.29) is 25.2 Å². The van der Waals surface area contributed by atoms with E-state index in [0.29, 0.717) is 12.3 Å². The third-order valence-corrected chi connectivity index (χ3v) is 4.85. The second-order valence-electron chi connectivity index (χ2n) is 6.29. The first-order valence-corrected chi connectivity index (χ1v) is 9.17. The molecule has 0 saturated heterocycles. The van der Waals surface area contributed by atoms with Gasteiger partial charge < -0.3 is 14.6 Å². The molecule has 0 bridgehead atoms. The summed E-state index contributed by atoms with van der Waals surface area (Å²) in [6.07, 6.45) is 0.0200. The number of ketones is 1. The molecule has 2 rings (SSSR count). The van der Waals surface area contributed by atoms with Crippen LogP contribution in [0.5, 0.6) is 5.75 Å². The first-order valence-electron chi connectivity index (χ1n) is 8.29. The van der Waals surface area contributed by atoms with Crippen molar-refractivity contribution in [2.24, 2.45) is 5.41 Å². The Morgan fingerprint density at radius 3 is 2.54 bits per heavy atom. The summed E-state index contributed by atoms with van der Waals surface area (Å²) in [5, 5.41) is 12.0. The van der Waals surface area contributed by atoms with Gasteiger partial charge in [-0.05, 0) is 38.1 Å². The van der Waals surface area contributed by atoms with Crippen LogP contribution >= 0.6 is 11.3 Å². The molecule has 1 N–H and O–H groups in total. The SMILES string of the molecule is CCOc1ccc(-c2nc(CC(=O)CC(C)(COC)C(=O)O)cs2)cc1. The second kappa shape index (κ2) is 8.91. The molecule has 1 aromatic heterocycles. The van der Waals surface area contributed by atoms with Crippen LogP contribution in [0.1, 0.15) is 26.0 Å². The number of rotatable bonds is 10. The lowest BCUT2D eigenvalue weighted by molar-refractivity contribution is -0.153. The van der Waals surface area contributed by atoms with E-state index in [1.807, 2.05) is 36.6 Å². The Kier molecular flexibility index (Phi) is 6.88. The van der Waals surface area contributed by atoms with Crippen LogP contribution in [-0.2, 0) is 20.7 Å². The Hall–Kier alpha value is -2.25. The molecule has 6 nitrogen and oxygen atoms in total. The van der Waals surface area contributed by atoms with Gasteiger partial charge in [0.05, 0.1) is 24.3 Å². The summed E-state index contributed by atoms with van der Waals surface area (Å²) in [6.45, 7) is 4.05. The predicted molar refractivity (Wildman–Crippen MR) is 99.7 cm³/mol. The van der Waals surface area contributed by atoms with Gasteiger partial charge in [-0.25, -0.2) is 4.98 Å². The molecule has 140 valence electrons. The highest BCUT2D eigenvalue weighted by Crippen LogP contribution is 2.27. The molecule has 0 aliphatic rings. The number of thiazole rings is 1. The number of hydrogen-bond donors (Lipinski definition) is 1. The Morgan fingerprint density at radius 2 is 1.96 bits per heavy atom. The number of hydrogen-bond acceptors (Lipinski definition) is 6. The zero-order valence-electron chi connectivity index (χ0n) is 15.2. The first kappa shape index (κ1) is 20.1. The second-order valence-corrected chi connectivity index (χ2v) is 7.15. The molecule has 0 aliphatic carbocycles. The number of Topliss-reactive ketones (excluding diaryl/α,β-unsaturated/α-hetero) is 1. The van der Waals surface area contributed by atoms with E-state index in [2.05, 4.69) is 4.98 Å². The topological polar surface area (TPSA) is 85.7 Å². The van der Waals surface area contributed by atoms with E-state index in [4.69, 9.17) is 9.47 Å². The molecule has 0 radical (unpaired) electrons. The fourth-order valence-corrected chi connectivity index (χ4v) is 3.41. The van der Waals surface area contributed by atoms with Crippen molar-refractivity contribution in [2.75, 3.05) is 20.3 Å². The molecule has 2 aromatic rings. The van der Waals surface area contributed by atoms with Gasteiger partial charge in [0.15, 0.2) is 0 Å². The predicted octanol–water partition coefficient (Wildman–Crippen LogP) is 3.45. The van der Waals surface area contributed by atoms with Gasteiger partial charge in [-0.2, -0.15) is 0 Å². The summed E-state index contributed by atoms with van der Waals surface area (Å²) >= 11 is 1.45. The average Bonchev–Trinajstić information content (AvgIpc) is 3.04. The van der Waals surface area contributed by atoms with Crippen LogP contribution in [-0.4, -0.2) is 42.2 Å². The fraction of sp³-hybridized carbons (Fsp3) is 0.421. The fourth-order valence-electron chi connectivity index (χ4n) is 2.59. The summed E-state index contributed by atoms with van der Waals surface area (Å²) in [5.74, 6) is -0.411. The molecule has 26 heavy (non-hydrogen) atoms. The minimum Gasteiger partial charge on any atom is -0.494 e. The molecule has 1 atom stereocenters. The number of nitrogens with zero attached hydrogens (tertiary/aromatic N) is 1. The summed E-state index contributed by atoms with van der Waals surface area (Å²) < 4.78 is 10.4. The van der Waals surface area contributed by atoms with Crippen molar-refractivity contribution < 1.29 is 24.2 Å². The van der Waals surface area contributed by atoms with E-state index < -0.39 is 11.4 Å². The largest absolute Gasteiger partial charge is 0.494 e. The van der Waals surface area contributed by atoms with Crippen molar-refractivity contribution >= 4 is 23.1 Å². The Balaban J connectivity index is 2.03. The lowest BCUT2D eigenvalue weighted by Crippen LogP contribution is -2.35. The van der Waals surface area contributed by atoms with E-state index in [1.165, 1.54) is 25.4 Å². The molecule has 1 unspecified atom stereocenters. The molecular weight excluding hydrogens is 354 g/mol. The van der Waals surface area contributed by atoms with Crippen molar-refractivity contribution in [3.63, 3.8) is 0 Å². The molecule has 1 aromatic carbocycles. The minimum atomic E-state index is -1.22. The maximum atomic E-state index is 12.3. The smallest absolute Gasteiger partial charge is 0.312 e. The number of carbonyl (C=O) groups excluding carboxylic acids is 1. The van der Waals surface area contributed by atoms with Crippen molar-refractivity contribution in [2.45, 2.75) is 26.7 Å². The third kappa shape index (κ3) is 5.12. The monoisotopic (exact) mass is 377 g/mol. The lowest BCUT2D eigenvalue weighted by Gasteiger charge is -2.22. The Labute approximate surface area is 156 Å². The van der Waals surface area contributed by atoms with Crippen molar-refractivity contribution in [3.8, 4) is 16.3 Å². The summed E-state index contributed by atoms with van der Waals surface area (Å²) in [4.78, 5) is 28.2. The number of carboxylic acid groups (broad SMARTS) is 1. The van der Waals surface area contributed by atoms with Gasteiger partial charge in [-0.15, -0.1) is 11.3 Å². The molecule has 0 saturated carbocycles. The highest BCUT2D eigenvalue weighted by Gasteiger charge is 2.35. The van der Waals surface area contributed by atoms with Gasteiger partial charge in [0.2, 0.25) is 0 Å². The molecule has 0 spiro atoms. The first-order chi connectivity index (χ1) is 12.4. The molecule has 0 fully saturated rings. The van der Waals surface area contributed by atoms with Crippen LogP contribution in [0.3, 0.4) is 0 Å². The molecule has 0 aliphatic heterocycles. The van der Waals surface area contributed by atoms with Crippen molar-refractivity contribution in [1.82, 2.24) is 4.98 Å². The van der Waals surface area contributed by atoms with E-state index in [9.17, 15) is 14.7 Å². The number of aromatic nitrogens is 1. The van der Waals surface area contributed by atoms with Gasteiger partial charge in [-0.1, -0.05) is 0 Å². The van der Waals surface area contributed by atoms with E-state index in [0.717, 1.165) is 16.3 Å². The third-order valence-electron chi connectivity index (χ3n) is 3.91. The summed E-state index contributed by atoms with van der Waals surface area (Å²) in [6, 6.07) is 7.62.